The Balaban J connectivity index is 1.57. The van der Waals surface area contributed by atoms with Crippen molar-refractivity contribution in [2.45, 2.75) is 26.4 Å². The lowest BCUT2D eigenvalue weighted by Crippen LogP contribution is -2.26. The Kier molecular flexibility index (Phi) is 3.76. The summed E-state index contributed by atoms with van der Waals surface area (Å²) in [7, 11) is 0. The number of nitrogens with zero attached hydrogens (tertiary/aromatic N) is 4. The second-order valence-corrected chi connectivity index (χ2v) is 6.27. The third kappa shape index (κ3) is 2.66. The Hall–Kier alpha value is -2.69. The van der Waals surface area contributed by atoms with Crippen LogP contribution in [0.4, 0.5) is 5.82 Å². The normalized spacial score (nSPS) is 17.4. The van der Waals surface area contributed by atoms with E-state index in [0.29, 0.717) is 0 Å². The lowest BCUT2D eigenvalue weighted by Gasteiger charge is -2.20. The van der Waals surface area contributed by atoms with Gasteiger partial charge in [0.2, 0.25) is 0 Å². The Bertz CT molecular complexity index is 880. The number of hydrogen-bond donors (Lipinski definition) is 0. The van der Waals surface area contributed by atoms with Crippen molar-refractivity contribution in [2.24, 2.45) is 0 Å². The molecular weight excluding hydrogens is 300 g/mol. The van der Waals surface area contributed by atoms with Crippen molar-refractivity contribution in [3.8, 4) is 5.75 Å². The van der Waals surface area contributed by atoms with Gasteiger partial charge in [-0.3, -0.25) is 4.98 Å². The number of rotatable bonds is 3. The maximum Gasteiger partial charge on any atom is 0.159 e. The zero-order valence-electron chi connectivity index (χ0n) is 13.9. The molecule has 1 aliphatic heterocycles. The number of aromatic nitrogens is 3. The van der Waals surface area contributed by atoms with Gasteiger partial charge in [-0.2, -0.15) is 5.10 Å². The Morgan fingerprint density at radius 2 is 1.92 bits per heavy atom. The molecule has 0 saturated carbocycles. The van der Waals surface area contributed by atoms with Crippen LogP contribution in [0.1, 0.15) is 17.7 Å². The molecule has 4 rings (SSSR count). The fourth-order valence-electron chi connectivity index (χ4n) is 3.25. The highest BCUT2D eigenvalue weighted by Gasteiger charge is 2.27. The van der Waals surface area contributed by atoms with Gasteiger partial charge in [0.25, 0.3) is 0 Å². The van der Waals surface area contributed by atoms with E-state index in [-0.39, 0.29) is 6.10 Å². The van der Waals surface area contributed by atoms with Crippen LogP contribution in [0.25, 0.3) is 10.8 Å². The first-order valence-corrected chi connectivity index (χ1v) is 8.26. The van der Waals surface area contributed by atoms with E-state index < -0.39 is 0 Å². The molecule has 3 heterocycles. The second-order valence-electron chi connectivity index (χ2n) is 6.27. The summed E-state index contributed by atoms with van der Waals surface area (Å²) in [4.78, 5) is 6.39. The molecule has 1 saturated heterocycles. The maximum atomic E-state index is 6.16. The third-order valence-corrected chi connectivity index (χ3v) is 4.56. The number of anilines is 1. The fourth-order valence-corrected chi connectivity index (χ4v) is 3.25. The number of hydrogen-bond acceptors (Lipinski definition) is 5. The lowest BCUT2D eigenvalue weighted by molar-refractivity contribution is 0.223. The minimum atomic E-state index is 0.160. The number of fused-ring (bicyclic) bond motifs is 1. The lowest BCUT2D eigenvalue weighted by atomic mass is 10.1. The molecular formula is C19H20N4O. The molecule has 5 heteroatoms. The van der Waals surface area contributed by atoms with Crippen LogP contribution >= 0.6 is 0 Å². The van der Waals surface area contributed by atoms with Gasteiger partial charge in [0.1, 0.15) is 11.9 Å². The molecule has 1 fully saturated rings. The van der Waals surface area contributed by atoms with Gasteiger partial charge in [-0.15, -0.1) is 5.10 Å². The van der Waals surface area contributed by atoms with Crippen LogP contribution in [0.3, 0.4) is 0 Å². The number of ether oxygens (including phenoxy) is 1. The zero-order chi connectivity index (χ0) is 16.5. The number of aryl methyl sites for hydroxylation is 2. The van der Waals surface area contributed by atoms with Gasteiger partial charge in [-0.25, -0.2) is 0 Å². The summed E-state index contributed by atoms with van der Waals surface area (Å²) in [6.07, 6.45) is 4.74. The predicted molar refractivity (Wildman–Crippen MR) is 94.5 cm³/mol. The Morgan fingerprint density at radius 1 is 1.08 bits per heavy atom. The molecule has 0 radical (unpaired) electrons. The van der Waals surface area contributed by atoms with E-state index in [4.69, 9.17) is 4.74 Å². The smallest absolute Gasteiger partial charge is 0.159 e. The minimum Gasteiger partial charge on any atom is -0.488 e. The first kappa shape index (κ1) is 14.9. The van der Waals surface area contributed by atoms with Crippen molar-refractivity contribution in [1.82, 2.24) is 15.2 Å². The van der Waals surface area contributed by atoms with Crippen molar-refractivity contribution in [1.29, 1.82) is 0 Å². The number of benzene rings is 1. The van der Waals surface area contributed by atoms with Crippen LogP contribution < -0.4 is 9.64 Å². The summed E-state index contributed by atoms with van der Waals surface area (Å²) in [5.41, 5.74) is 2.03. The van der Waals surface area contributed by atoms with Crippen LogP contribution in [0.2, 0.25) is 0 Å². The van der Waals surface area contributed by atoms with E-state index in [1.54, 1.807) is 6.20 Å². The first-order chi connectivity index (χ1) is 11.7. The van der Waals surface area contributed by atoms with Crippen molar-refractivity contribution in [3.63, 3.8) is 0 Å². The Morgan fingerprint density at radius 3 is 2.75 bits per heavy atom. The Labute approximate surface area is 141 Å². The maximum absolute atomic E-state index is 6.16. The van der Waals surface area contributed by atoms with E-state index in [2.05, 4.69) is 38.3 Å². The highest BCUT2D eigenvalue weighted by Crippen LogP contribution is 2.29. The van der Waals surface area contributed by atoms with Gasteiger partial charge in [-0.1, -0.05) is 24.3 Å². The average molecular weight is 320 g/mol. The first-order valence-electron chi connectivity index (χ1n) is 8.26. The fraction of sp³-hybridized carbons (Fsp3) is 0.316. The summed E-state index contributed by atoms with van der Waals surface area (Å²) in [6, 6.07) is 10.3. The van der Waals surface area contributed by atoms with Crippen LogP contribution in [0.15, 0.2) is 42.7 Å². The molecule has 1 unspecified atom stereocenters. The number of pyridine rings is 1. The van der Waals surface area contributed by atoms with E-state index in [1.807, 2.05) is 32.2 Å². The molecule has 0 spiro atoms. The van der Waals surface area contributed by atoms with Gasteiger partial charge in [-0.05, 0) is 19.9 Å². The van der Waals surface area contributed by atoms with E-state index in [0.717, 1.165) is 53.1 Å². The highest BCUT2D eigenvalue weighted by molar-refractivity contribution is 5.93. The molecule has 0 aliphatic carbocycles. The van der Waals surface area contributed by atoms with E-state index >= 15 is 0 Å². The monoisotopic (exact) mass is 320 g/mol. The molecule has 0 bridgehead atoms. The van der Waals surface area contributed by atoms with Crippen molar-refractivity contribution in [3.05, 3.63) is 54.0 Å². The topological polar surface area (TPSA) is 51.1 Å². The van der Waals surface area contributed by atoms with Crippen molar-refractivity contribution in [2.75, 3.05) is 18.0 Å². The van der Waals surface area contributed by atoms with Crippen LogP contribution in [-0.2, 0) is 0 Å². The molecule has 1 aliphatic rings. The summed E-state index contributed by atoms with van der Waals surface area (Å²) in [5.74, 6) is 1.87. The zero-order valence-corrected chi connectivity index (χ0v) is 13.9. The van der Waals surface area contributed by atoms with Crippen molar-refractivity contribution < 1.29 is 4.74 Å². The second kappa shape index (κ2) is 6.07. The van der Waals surface area contributed by atoms with Crippen LogP contribution in [0, 0.1) is 13.8 Å². The molecule has 122 valence electrons. The minimum absolute atomic E-state index is 0.160. The van der Waals surface area contributed by atoms with E-state index in [1.165, 1.54) is 0 Å². The summed E-state index contributed by atoms with van der Waals surface area (Å²) < 4.78 is 6.16. The van der Waals surface area contributed by atoms with Gasteiger partial charge >= 0.3 is 0 Å². The highest BCUT2D eigenvalue weighted by atomic mass is 16.5. The van der Waals surface area contributed by atoms with Crippen molar-refractivity contribution >= 4 is 16.6 Å². The summed E-state index contributed by atoms with van der Waals surface area (Å²) in [5, 5.41) is 11.1. The van der Waals surface area contributed by atoms with Gasteiger partial charge < -0.3 is 9.64 Å². The third-order valence-electron chi connectivity index (χ3n) is 4.56. The molecule has 24 heavy (non-hydrogen) atoms. The molecule has 0 N–H and O–H groups in total. The molecule has 1 atom stereocenters. The van der Waals surface area contributed by atoms with E-state index in [9.17, 15) is 0 Å². The van der Waals surface area contributed by atoms with Gasteiger partial charge in [0.05, 0.1) is 12.2 Å². The molecule has 2 aromatic heterocycles. The van der Waals surface area contributed by atoms with Gasteiger partial charge in [0, 0.05) is 41.7 Å². The SMILES string of the molecule is Cc1cnccc1OC1CCN(c2nnc(C)c3ccccc23)C1. The standard InChI is InChI=1S/C19H20N4O/c1-13-11-20-9-7-18(13)24-15-8-10-23(12-15)19-17-6-4-3-5-16(17)14(2)21-22-19/h3-7,9,11,15H,8,10,12H2,1-2H3. The van der Waals surface area contributed by atoms with Crippen LogP contribution in [0.5, 0.6) is 5.75 Å². The molecule has 1 aromatic carbocycles. The van der Waals surface area contributed by atoms with Crippen LogP contribution in [-0.4, -0.2) is 34.4 Å². The predicted octanol–water partition coefficient (Wildman–Crippen LogP) is 3.30. The molecule has 0 amide bonds. The molecule has 3 aromatic rings. The summed E-state index contributed by atoms with van der Waals surface area (Å²) >= 11 is 0. The quantitative estimate of drug-likeness (QED) is 0.741. The van der Waals surface area contributed by atoms with Gasteiger partial charge in [0.15, 0.2) is 5.82 Å². The largest absolute Gasteiger partial charge is 0.488 e. The average Bonchev–Trinajstić information content (AvgIpc) is 3.06. The molecule has 5 nitrogen and oxygen atoms in total. The summed E-state index contributed by atoms with van der Waals surface area (Å²) in [6.45, 7) is 5.77.